The van der Waals surface area contributed by atoms with E-state index in [-0.39, 0.29) is 31.4 Å². The summed E-state index contributed by atoms with van der Waals surface area (Å²) < 4.78 is 44.8. The van der Waals surface area contributed by atoms with Gasteiger partial charge in [-0.15, -0.1) is 0 Å². The summed E-state index contributed by atoms with van der Waals surface area (Å²) in [4.78, 5) is 44.7. The summed E-state index contributed by atoms with van der Waals surface area (Å²) in [6.45, 7) is 5.55. The predicted molar refractivity (Wildman–Crippen MR) is 160 cm³/mol. The average Bonchev–Trinajstić information content (AvgIpc) is 3.03. The summed E-state index contributed by atoms with van der Waals surface area (Å²) in [6.07, 6.45) is -4.28. The van der Waals surface area contributed by atoms with E-state index in [0.717, 1.165) is 23.3 Å². The number of nitrogens with zero attached hydrogens (tertiary/aromatic N) is 3. The van der Waals surface area contributed by atoms with Gasteiger partial charge in [0, 0.05) is 55.5 Å². The first-order valence-corrected chi connectivity index (χ1v) is 14.6. The van der Waals surface area contributed by atoms with Crippen LogP contribution in [0.3, 0.4) is 0 Å². The van der Waals surface area contributed by atoms with E-state index in [1.807, 2.05) is 35.2 Å². The van der Waals surface area contributed by atoms with E-state index in [9.17, 15) is 27.6 Å². The number of hydrogen-bond acceptors (Lipinski definition) is 5. The van der Waals surface area contributed by atoms with Crippen LogP contribution in [0.4, 0.5) is 18.9 Å². The molecule has 0 aliphatic carbocycles. The normalized spacial score (nSPS) is 17.6. The number of anilines is 1. The average molecular weight is 606 g/mol. The molecular formula is C34H34F3N3O4. The Morgan fingerprint density at radius 3 is 2.23 bits per heavy atom. The van der Waals surface area contributed by atoms with Crippen LogP contribution in [-0.4, -0.2) is 60.4 Å². The first kappa shape index (κ1) is 30.8. The number of halogens is 3. The van der Waals surface area contributed by atoms with Crippen LogP contribution in [0, 0.1) is 0 Å². The van der Waals surface area contributed by atoms with Crippen molar-refractivity contribution in [3.8, 4) is 0 Å². The molecule has 0 bridgehead atoms. The molecule has 44 heavy (non-hydrogen) atoms. The lowest BCUT2D eigenvalue weighted by Gasteiger charge is -2.36. The maximum atomic E-state index is 13.3. The van der Waals surface area contributed by atoms with Crippen molar-refractivity contribution in [1.29, 1.82) is 0 Å². The van der Waals surface area contributed by atoms with Crippen LogP contribution < -0.4 is 4.90 Å². The minimum atomic E-state index is -4.41. The second-order valence-corrected chi connectivity index (χ2v) is 10.9. The highest BCUT2D eigenvalue weighted by atomic mass is 19.4. The first-order chi connectivity index (χ1) is 21.1. The van der Waals surface area contributed by atoms with Crippen LogP contribution in [0.25, 0.3) is 0 Å². The summed E-state index contributed by atoms with van der Waals surface area (Å²) in [5, 5.41) is 0. The molecular weight excluding hydrogens is 571 g/mol. The quantitative estimate of drug-likeness (QED) is 0.308. The van der Waals surface area contributed by atoms with Crippen molar-refractivity contribution < 1.29 is 32.3 Å². The van der Waals surface area contributed by atoms with Crippen LogP contribution in [0.2, 0.25) is 0 Å². The van der Waals surface area contributed by atoms with Gasteiger partial charge in [0.15, 0.2) is 0 Å². The number of benzene rings is 3. The fourth-order valence-electron chi connectivity index (χ4n) is 5.81. The highest BCUT2D eigenvalue weighted by molar-refractivity contribution is 5.96. The smallest absolute Gasteiger partial charge is 0.416 e. The van der Waals surface area contributed by atoms with Gasteiger partial charge in [-0.25, -0.2) is 4.79 Å². The van der Waals surface area contributed by atoms with Gasteiger partial charge < -0.3 is 19.4 Å². The van der Waals surface area contributed by atoms with Crippen LogP contribution in [0.5, 0.6) is 0 Å². The van der Waals surface area contributed by atoms with Crippen LogP contribution in [0.1, 0.15) is 53.2 Å². The predicted octanol–water partition coefficient (Wildman–Crippen LogP) is 6.02. The van der Waals surface area contributed by atoms with Gasteiger partial charge in [-0.05, 0) is 55.3 Å². The van der Waals surface area contributed by atoms with Gasteiger partial charge in [-0.2, -0.15) is 13.2 Å². The maximum absolute atomic E-state index is 13.3. The number of ether oxygens (including phenoxy) is 1. The van der Waals surface area contributed by atoms with Crippen molar-refractivity contribution in [3.05, 3.63) is 112 Å². The topological polar surface area (TPSA) is 70.2 Å². The third kappa shape index (κ3) is 6.64. The minimum absolute atomic E-state index is 0.108. The van der Waals surface area contributed by atoms with E-state index < -0.39 is 23.6 Å². The van der Waals surface area contributed by atoms with Gasteiger partial charge in [-0.3, -0.25) is 9.59 Å². The van der Waals surface area contributed by atoms with Crippen molar-refractivity contribution in [2.75, 3.05) is 37.7 Å². The SMILES string of the molecule is CCOC(=O)C1=C(C)N(Cc2ccc(C(=O)N3CCN(c4cccc(C(F)(F)F)c4)CC3)cc2)C(=O)CC1c1ccccc1. The zero-order chi connectivity index (χ0) is 31.4. The number of piperazine rings is 1. The lowest BCUT2D eigenvalue weighted by molar-refractivity contribution is -0.140. The maximum Gasteiger partial charge on any atom is 0.416 e. The number of carbonyl (C=O) groups is 3. The highest BCUT2D eigenvalue weighted by Gasteiger charge is 2.37. The van der Waals surface area contributed by atoms with Gasteiger partial charge in [-0.1, -0.05) is 48.5 Å². The Labute approximate surface area is 254 Å². The zero-order valence-electron chi connectivity index (χ0n) is 24.6. The van der Waals surface area contributed by atoms with Gasteiger partial charge in [0.1, 0.15) is 0 Å². The van der Waals surface area contributed by atoms with Crippen LogP contribution in [-0.2, 0) is 27.0 Å². The van der Waals surface area contributed by atoms with E-state index in [1.165, 1.54) is 6.07 Å². The number of esters is 1. The van der Waals surface area contributed by atoms with Crippen molar-refractivity contribution in [3.63, 3.8) is 0 Å². The minimum Gasteiger partial charge on any atom is -0.463 e. The Hall–Kier alpha value is -4.60. The Balaban J connectivity index is 1.26. The Morgan fingerprint density at radius 2 is 1.59 bits per heavy atom. The molecule has 0 saturated carbocycles. The lowest BCUT2D eigenvalue weighted by Crippen LogP contribution is -2.48. The van der Waals surface area contributed by atoms with Crippen LogP contribution in [0.15, 0.2) is 90.1 Å². The molecule has 0 aromatic heterocycles. The standard InChI is InChI=1S/C34H34F3N3O4/c1-3-44-33(43)31-23(2)40(30(41)21-29(31)25-8-5-4-6-9-25)22-24-12-14-26(15-13-24)32(42)39-18-16-38(17-19-39)28-11-7-10-27(20-28)34(35,36)37/h4-15,20,29H,3,16-19,21-22H2,1-2H3. The molecule has 2 aliphatic rings. The number of carbonyl (C=O) groups excluding carboxylic acids is 3. The molecule has 7 nitrogen and oxygen atoms in total. The van der Waals surface area contributed by atoms with Crippen molar-refractivity contribution in [2.24, 2.45) is 0 Å². The number of allylic oxidation sites excluding steroid dienone is 1. The first-order valence-electron chi connectivity index (χ1n) is 14.6. The molecule has 2 aliphatic heterocycles. The van der Waals surface area contributed by atoms with Crippen molar-refractivity contribution in [2.45, 2.75) is 38.9 Å². The fourth-order valence-corrected chi connectivity index (χ4v) is 5.81. The fraction of sp³-hybridized carbons (Fsp3) is 0.324. The third-order valence-corrected chi connectivity index (χ3v) is 8.17. The molecule has 0 N–H and O–H groups in total. The van der Waals surface area contributed by atoms with Gasteiger partial charge in [0.05, 0.1) is 24.3 Å². The Bertz CT molecular complexity index is 1550. The molecule has 3 aromatic rings. The molecule has 1 atom stereocenters. The monoisotopic (exact) mass is 605 g/mol. The lowest BCUT2D eigenvalue weighted by atomic mass is 9.83. The molecule has 1 fully saturated rings. The summed E-state index contributed by atoms with van der Waals surface area (Å²) in [5.74, 6) is -1.11. The highest BCUT2D eigenvalue weighted by Crippen LogP contribution is 2.38. The molecule has 2 amide bonds. The van der Waals surface area contributed by atoms with E-state index in [0.29, 0.717) is 48.7 Å². The summed E-state index contributed by atoms with van der Waals surface area (Å²) in [7, 11) is 0. The summed E-state index contributed by atoms with van der Waals surface area (Å²) in [6, 6.07) is 21.7. The number of rotatable bonds is 7. The molecule has 0 spiro atoms. The molecule has 3 aromatic carbocycles. The summed E-state index contributed by atoms with van der Waals surface area (Å²) >= 11 is 0. The summed E-state index contributed by atoms with van der Waals surface area (Å²) in [5.41, 5.74) is 2.95. The van der Waals surface area contributed by atoms with E-state index >= 15 is 0 Å². The van der Waals surface area contributed by atoms with Crippen molar-refractivity contribution >= 4 is 23.5 Å². The number of hydrogen-bond donors (Lipinski definition) is 0. The zero-order valence-corrected chi connectivity index (χ0v) is 24.6. The van der Waals surface area contributed by atoms with Crippen LogP contribution >= 0.6 is 0 Å². The molecule has 1 unspecified atom stereocenters. The van der Waals surface area contributed by atoms with Gasteiger partial charge >= 0.3 is 12.1 Å². The van der Waals surface area contributed by atoms with E-state index in [4.69, 9.17) is 4.74 Å². The third-order valence-electron chi connectivity index (χ3n) is 8.17. The van der Waals surface area contributed by atoms with Gasteiger partial charge in [0.25, 0.3) is 5.91 Å². The number of alkyl halides is 3. The van der Waals surface area contributed by atoms with E-state index in [2.05, 4.69) is 0 Å². The largest absolute Gasteiger partial charge is 0.463 e. The van der Waals surface area contributed by atoms with E-state index in [1.54, 1.807) is 54.0 Å². The second kappa shape index (κ2) is 13.0. The molecule has 10 heteroatoms. The Kier molecular flexibility index (Phi) is 9.08. The molecule has 2 heterocycles. The molecule has 1 saturated heterocycles. The molecule has 230 valence electrons. The number of amides is 2. The molecule has 0 radical (unpaired) electrons. The second-order valence-electron chi connectivity index (χ2n) is 10.9. The molecule has 5 rings (SSSR count). The Morgan fingerprint density at radius 1 is 0.909 bits per heavy atom. The van der Waals surface area contributed by atoms with Gasteiger partial charge in [0.2, 0.25) is 5.91 Å². The van der Waals surface area contributed by atoms with Crippen molar-refractivity contribution in [1.82, 2.24) is 9.80 Å².